The monoisotopic (exact) mass is 430 g/mol. The van der Waals surface area contributed by atoms with Crippen molar-refractivity contribution in [1.29, 1.82) is 10.5 Å². The van der Waals surface area contributed by atoms with Crippen molar-refractivity contribution >= 4 is 34.6 Å². The summed E-state index contributed by atoms with van der Waals surface area (Å²) in [6, 6.07) is 15.5. The maximum absolute atomic E-state index is 10.8. The molecule has 0 aromatic heterocycles. The summed E-state index contributed by atoms with van der Waals surface area (Å²) < 4.78 is 6.58. The Bertz CT molecular complexity index is 859. The minimum absolute atomic E-state index is 0.0398. The molecule has 0 aliphatic rings. The predicted octanol–water partition coefficient (Wildman–Crippen LogP) is 4.00. The fraction of sp³-hybridized carbons (Fsp3) is 0.0556. The zero-order valence-electron chi connectivity index (χ0n) is 12.4. The number of ether oxygens (including phenoxy) is 1. The molecule has 2 aromatic rings. The van der Waals surface area contributed by atoms with Gasteiger partial charge in [-0.2, -0.15) is 10.5 Å². The minimum Gasteiger partial charge on any atom is -0.488 e. The Kier molecular flexibility index (Phi) is 5.94. The topological polar surface area (TPSA) is 94.1 Å². The van der Waals surface area contributed by atoms with Gasteiger partial charge in [0, 0.05) is 0 Å². The molecule has 118 valence electrons. The van der Waals surface area contributed by atoms with Crippen molar-refractivity contribution in [1.82, 2.24) is 0 Å². The van der Waals surface area contributed by atoms with E-state index in [0.29, 0.717) is 12.4 Å². The normalized spacial score (nSPS) is 9.46. The van der Waals surface area contributed by atoms with Crippen molar-refractivity contribution in [3.05, 3.63) is 68.3 Å². The third kappa shape index (κ3) is 4.58. The molecule has 5 nitrogen and oxygen atoms in total. The molecule has 0 saturated carbocycles. The molecule has 2 aromatic carbocycles. The van der Waals surface area contributed by atoms with Crippen LogP contribution >= 0.6 is 22.6 Å². The number of aromatic carboxylic acids is 1. The number of rotatable bonds is 5. The van der Waals surface area contributed by atoms with Gasteiger partial charge >= 0.3 is 5.97 Å². The molecular weight excluding hydrogens is 419 g/mol. The number of carboxylic acids is 1. The van der Waals surface area contributed by atoms with E-state index in [-0.39, 0.29) is 11.1 Å². The Morgan fingerprint density at radius 3 is 2.38 bits per heavy atom. The third-order valence-corrected chi connectivity index (χ3v) is 3.95. The fourth-order valence-electron chi connectivity index (χ4n) is 1.88. The van der Waals surface area contributed by atoms with Crippen molar-refractivity contribution in [2.24, 2.45) is 0 Å². The highest BCUT2D eigenvalue weighted by molar-refractivity contribution is 14.1. The molecule has 0 bridgehead atoms. The first kappa shape index (κ1) is 17.5. The van der Waals surface area contributed by atoms with E-state index in [0.717, 1.165) is 14.7 Å². The third-order valence-electron chi connectivity index (χ3n) is 3.10. The van der Waals surface area contributed by atoms with Gasteiger partial charge in [0.05, 0.1) is 9.13 Å². The molecule has 0 fully saturated rings. The number of benzene rings is 2. The second-order valence-corrected chi connectivity index (χ2v) is 5.92. The molecule has 0 aliphatic heterocycles. The number of hydrogen-bond acceptors (Lipinski definition) is 4. The number of carboxylic acid groups (broad SMARTS) is 1. The van der Waals surface area contributed by atoms with Crippen molar-refractivity contribution in [2.75, 3.05) is 0 Å². The Hall–Kier alpha value is -2.84. The number of allylic oxidation sites excluding steroid dienone is 1. The van der Waals surface area contributed by atoms with Crippen LogP contribution in [0.2, 0.25) is 0 Å². The Morgan fingerprint density at radius 1 is 1.17 bits per heavy atom. The SMILES string of the molecule is N#CC(C#N)=Cc1ccc(OCc2ccc(C(=O)O)cc2)c(I)c1. The van der Waals surface area contributed by atoms with E-state index >= 15 is 0 Å². The number of carbonyl (C=O) groups is 1. The van der Waals surface area contributed by atoms with Crippen molar-refractivity contribution in [3.8, 4) is 17.9 Å². The quantitative estimate of drug-likeness (QED) is 0.572. The Morgan fingerprint density at radius 2 is 1.83 bits per heavy atom. The molecule has 2 rings (SSSR count). The first-order valence-electron chi connectivity index (χ1n) is 6.80. The first-order chi connectivity index (χ1) is 11.5. The molecule has 0 saturated heterocycles. The van der Waals surface area contributed by atoms with E-state index in [2.05, 4.69) is 22.6 Å². The van der Waals surface area contributed by atoms with E-state index in [9.17, 15) is 4.79 Å². The second-order valence-electron chi connectivity index (χ2n) is 4.76. The molecule has 24 heavy (non-hydrogen) atoms. The van der Waals surface area contributed by atoms with E-state index < -0.39 is 5.97 Å². The number of halogens is 1. The maximum atomic E-state index is 10.8. The van der Waals surface area contributed by atoms with E-state index in [1.807, 2.05) is 18.2 Å². The van der Waals surface area contributed by atoms with Gasteiger partial charge in [-0.1, -0.05) is 18.2 Å². The van der Waals surface area contributed by atoms with E-state index in [1.54, 1.807) is 24.3 Å². The van der Waals surface area contributed by atoms with E-state index in [1.165, 1.54) is 18.2 Å². The van der Waals surface area contributed by atoms with Crippen LogP contribution in [0.15, 0.2) is 48.0 Å². The summed E-state index contributed by atoms with van der Waals surface area (Å²) in [6.45, 7) is 0.312. The molecule has 0 atom stereocenters. The fourth-order valence-corrected chi connectivity index (χ4v) is 2.58. The number of nitriles is 2. The molecular formula is C18H11IN2O3. The lowest BCUT2D eigenvalue weighted by Crippen LogP contribution is -1.99. The van der Waals surface area contributed by atoms with Crippen LogP contribution in [-0.4, -0.2) is 11.1 Å². The summed E-state index contributed by atoms with van der Waals surface area (Å²) in [4.78, 5) is 10.8. The lowest BCUT2D eigenvalue weighted by atomic mass is 10.1. The average Bonchev–Trinajstić information content (AvgIpc) is 2.59. The van der Waals surface area contributed by atoms with Crippen molar-refractivity contribution in [2.45, 2.75) is 6.61 Å². The smallest absolute Gasteiger partial charge is 0.335 e. The van der Waals surface area contributed by atoms with Gasteiger partial charge in [0.15, 0.2) is 0 Å². The van der Waals surface area contributed by atoms with Gasteiger partial charge in [-0.15, -0.1) is 0 Å². The summed E-state index contributed by atoms with van der Waals surface area (Å²) in [6.07, 6.45) is 1.51. The van der Waals surface area contributed by atoms with E-state index in [4.69, 9.17) is 20.4 Å². The first-order valence-corrected chi connectivity index (χ1v) is 7.88. The van der Waals surface area contributed by atoms with Crippen LogP contribution in [0.1, 0.15) is 21.5 Å². The summed E-state index contributed by atoms with van der Waals surface area (Å²) in [5, 5.41) is 26.4. The van der Waals surface area contributed by atoms with Crippen LogP contribution in [-0.2, 0) is 6.61 Å². The molecule has 6 heteroatoms. The summed E-state index contributed by atoms with van der Waals surface area (Å²) in [7, 11) is 0. The van der Waals surface area contributed by atoms with Gasteiger partial charge in [-0.3, -0.25) is 0 Å². The van der Waals surface area contributed by atoms with Crippen LogP contribution in [0, 0.1) is 26.2 Å². The molecule has 0 amide bonds. The Balaban J connectivity index is 2.08. The molecule has 0 spiro atoms. The molecule has 0 aliphatic carbocycles. The highest BCUT2D eigenvalue weighted by Crippen LogP contribution is 2.24. The predicted molar refractivity (Wildman–Crippen MR) is 96.1 cm³/mol. The van der Waals surface area contributed by atoms with Gasteiger partial charge < -0.3 is 9.84 Å². The zero-order valence-corrected chi connectivity index (χ0v) is 14.5. The standard InChI is InChI=1S/C18H11IN2O3/c19-16-8-13(7-14(9-20)10-21)3-6-17(16)24-11-12-1-4-15(5-2-12)18(22)23/h1-8H,11H2,(H,22,23). The summed E-state index contributed by atoms with van der Waals surface area (Å²) in [5.41, 5.74) is 1.87. The minimum atomic E-state index is -0.963. The lowest BCUT2D eigenvalue weighted by molar-refractivity contribution is 0.0697. The van der Waals surface area contributed by atoms with Crippen LogP contribution < -0.4 is 4.74 Å². The molecule has 0 heterocycles. The molecule has 0 unspecified atom stereocenters. The highest BCUT2D eigenvalue weighted by atomic mass is 127. The van der Waals surface area contributed by atoms with Gasteiger partial charge in [0.1, 0.15) is 30.1 Å². The summed E-state index contributed by atoms with van der Waals surface area (Å²) >= 11 is 2.12. The summed E-state index contributed by atoms with van der Waals surface area (Å²) in [5.74, 6) is -0.291. The number of hydrogen-bond donors (Lipinski definition) is 1. The van der Waals surface area contributed by atoms with Crippen molar-refractivity contribution < 1.29 is 14.6 Å². The van der Waals surface area contributed by atoms with Crippen molar-refractivity contribution in [3.63, 3.8) is 0 Å². The zero-order chi connectivity index (χ0) is 17.5. The maximum Gasteiger partial charge on any atom is 0.335 e. The molecule has 0 radical (unpaired) electrons. The van der Waals surface area contributed by atoms with Crippen LogP contribution in [0.3, 0.4) is 0 Å². The largest absolute Gasteiger partial charge is 0.488 e. The second kappa shape index (κ2) is 8.14. The average molecular weight is 430 g/mol. The highest BCUT2D eigenvalue weighted by Gasteiger charge is 2.05. The van der Waals surface area contributed by atoms with Crippen LogP contribution in [0.5, 0.6) is 5.75 Å². The Labute approximate surface area is 152 Å². The van der Waals surface area contributed by atoms with Gasteiger partial charge in [-0.25, -0.2) is 4.79 Å². The van der Waals surface area contributed by atoms with Crippen LogP contribution in [0.25, 0.3) is 6.08 Å². The lowest BCUT2D eigenvalue weighted by Gasteiger charge is -2.09. The van der Waals surface area contributed by atoms with Gasteiger partial charge in [0.25, 0.3) is 0 Å². The van der Waals surface area contributed by atoms with Crippen LogP contribution in [0.4, 0.5) is 0 Å². The number of nitrogens with zero attached hydrogens (tertiary/aromatic N) is 2. The molecule has 1 N–H and O–H groups in total. The van der Waals surface area contributed by atoms with Gasteiger partial charge in [-0.05, 0) is 64.1 Å². The van der Waals surface area contributed by atoms with Gasteiger partial charge in [0.2, 0.25) is 0 Å².